The molecule has 0 fully saturated rings. The Balaban J connectivity index is 2.33. The van der Waals surface area contributed by atoms with Crippen LogP contribution in [0.5, 0.6) is 11.5 Å². The third-order valence-electron chi connectivity index (χ3n) is 2.66. The second kappa shape index (κ2) is 4.45. The molecule has 0 saturated heterocycles. The van der Waals surface area contributed by atoms with Crippen molar-refractivity contribution in [1.82, 2.24) is 4.98 Å². The minimum atomic E-state index is 0.792. The number of nitrogen functional groups attached to an aromatic ring is 1. The van der Waals surface area contributed by atoms with Crippen LogP contribution < -0.4 is 10.5 Å². The summed E-state index contributed by atoms with van der Waals surface area (Å²) < 4.78 is 5.83. The van der Waals surface area contributed by atoms with E-state index in [1.807, 2.05) is 45.0 Å². The molecule has 3 heteroatoms. The number of hydrogen-bond acceptors (Lipinski definition) is 3. The Morgan fingerprint density at radius 2 is 1.82 bits per heavy atom. The molecule has 1 aromatic heterocycles. The van der Waals surface area contributed by atoms with Crippen LogP contribution in [0.25, 0.3) is 0 Å². The molecule has 3 nitrogen and oxygen atoms in total. The van der Waals surface area contributed by atoms with E-state index in [0.29, 0.717) is 0 Å². The van der Waals surface area contributed by atoms with E-state index in [9.17, 15) is 0 Å². The zero-order valence-corrected chi connectivity index (χ0v) is 10.3. The summed E-state index contributed by atoms with van der Waals surface area (Å²) in [5.74, 6) is 1.63. The number of benzene rings is 1. The van der Waals surface area contributed by atoms with Crippen LogP contribution in [0.3, 0.4) is 0 Å². The maximum absolute atomic E-state index is 5.84. The predicted octanol–water partition coefficient (Wildman–Crippen LogP) is 3.38. The standard InChI is InChI=1S/C14H16N2O/c1-9-7-14(10(2)6-13(9)15)17-12-4-5-16-11(3)8-12/h4-8H,15H2,1-3H3. The number of anilines is 1. The molecule has 1 aromatic carbocycles. The van der Waals surface area contributed by atoms with E-state index in [1.54, 1.807) is 6.20 Å². The van der Waals surface area contributed by atoms with E-state index in [4.69, 9.17) is 10.5 Å². The highest BCUT2D eigenvalue weighted by Crippen LogP contribution is 2.28. The molecular weight excluding hydrogens is 212 g/mol. The molecule has 0 aliphatic heterocycles. The van der Waals surface area contributed by atoms with E-state index in [2.05, 4.69) is 4.98 Å². The van der Waals surface area contributed by atoms with Gasteiger partial charge in [-0.15, -0.1) is 0 Å². The average molecular weight is 228 g/mol. The second-order valence-electron chi connectivity index (χ2n) is 4.21. The summed E-state index contributed by atoms with van der Waals surface area (Å²) >= 11 is 0. The van der Waals surface area contributed by atoms with E-state index >= 15 is 0 Å². The topological polar surface area (TPSA) is 48.1 Å². The Kier molecular flexibility index (Phi) is 3.00. The van der Waals surface area contributed by atoms with E-state index in [1.165, 1.54) is 0 Å². The van der Waals surface area contributed by atoms with Gasteiger partial charge < -0.3 is 10.5 Å². The van der Waals surface area contributed by atoms with Crippen molar-refractivity contribution in [3.8, 4) is 11.5 Å². The highest BCUT2D eigenvalue weighted by atomic mass is 16.5. The van der Waals surface area contributed by atoms with Crippen molar-refractivity contribution in [3.05, 3.63) is 47.3 Å². The summed E-state index contributed by atoms with van der Waals surface area (Å²) in [6.45, 7) is 5.90. The van der Waals surface area contributed by atoms with Crippen LogP contribution in [0, 0.1) is 20.8 Å². The van der Waals surface area contributed by atoms with Gasteiger partial charge in [-0.25, -0.2) is 0 Å². The summed E-state index contributed by atoms with van der Waals surface area (Å²) in [6.07, 6.45) is 1.74. The summed E-state index contributed by atoms with van der Waals surface area (Å²) in [5.41, 5.74) is 9.63. The molecule has 2 N–H and O–H groups in total. The number of ether oxygens (including phenoxy) is 1. The second-order valence-corrected chi connectivity index (χ2v) is 4.21. The van der Waals surface area contributed by atoms with E-state index < -0.39 is 0 Å². The molecule has 1 heterocycles. The quantitative estimate of drug-likeness (QED) is 0.801. The van der Waals surface area contributed by atoms with Crippen molar-refractivity contribution < 1.29 is 4.74 Å². The summed E-state index contributed by atoms with van der Waals surface area (Å²) in [7, 11) is 0. The molecular formula is C14H16N2O. The molecule has 0 unspecified atom stereocenters. The minimum absolute atomic E-state index is 0.792. The molecule has 0 atom stereocenters. The Morgan fingerprint density at radius 1 is 1.06 bits per heavy atom. The number of aryl methyl sites for hydroxylation is 3. The molecule has 88 valence electrons. The summed E-state index contributed by atoms with van der Waals surface area (Å²) in [4.78, 5) is 4.14. The van der Waals surface area contributed by atoms with Gasteiger partial charge in [0.15, 0.2) is 0 Å². The maximum atomic E-state index is 5.84. The molecule has 17 heavy (non-hydrogen) atoms. The van der Waals surface area contributed by atoms with Crippen LogP contribution in [-0.2, 0) is 0 Å². The third-order valence-corrected chi connectivity index (χ3v) is 2.66. The fourth-order valence-electron chi connectivity index (χ4n) is 1.63. The first-order valence-electron chi connectivity index (χ1n) is 5.53. The van der Waals surface area contributed by atoms with Gasteiger partial charge in [0.05, 0.1) is 0 Å². The first-order chi connectivity index (χ1) is 8.06. The Hall–Kier alpha value is -2.03. The minimum Gasteiger partial charge on any atom is -0.457 e. The van der Waals surface area contributed by atoms with Crippen LogP contribution >= 0.6 is 0 Å². The summed E-state index contributed by atoms with van der Waals surface area (Å²) in [6, 6.07) is 7.64. The number of hydrogen-bond donors (Lipinski definition) is 1. The third kappa shape index (κ3) is 2.56. The van der Waals surface area contributed by atoms with Gasteiger partial charge in [0.1, 0.15) is 11.5 Å². The average Bonchev–Trinajstić information content (AvgIpc) is 2.26. The SMILES string of the molecule is Cc1cc(Oc2cc(C)c(N)cc2C)ccn1. The monoisotopic (exact) mass is 228 g/mol. The zero-order chi connectivity index (χ0) is 12.4. The van der Waals surface area contributed by atoms with Crippen molar-refractivity contribution >= 4 is 5.69 Å². The lowest BCUT2D eigenvalue weighted by molar-refractivity contribution is 0.477. The lowest BCUT2D eigenvalue weighted by Crippen LogP contribution is -1.94. The number of aromatic nitrogens is 1. The van der Waals surface area contributed by atoms with Crippen molar-refractivity contribution in [3.63, 3.8) is 0 Å². The Morgan fingerprint density at radius 3 is 2.53 bits per heavy atom. The van der Waals surface area contributed by atoms with Gasteiger partial charge >= 0.3 is 0 Å². The lowest BCUT2D eigenvalue weighted by atomic mass is 10.1. The molecule has 0 saturated carbocycles. The highest BCUT2D eigenvalue weighted by molar-refractivity contribution is 5.54. The fraction of sp³-hybridized carbons (Fsp3) is 0.214. The van der Waals surface area contributed by atoms with Crippen LogP contribution in [0.15, 0.2) is 30.5 Å². The molecule has 0 bridgehead atoms. The molecule has 2 rings (SSSR count). The smallest absolute Gasteiger partial charge is 0.130 e. The van der Waals surface area contributed by atoms with E-state index in [0.717, 1.165) is 34.0 Å². The summed E-state index contributed by atoms with van der Waals surface area (Å²) in [5, 5.41) is 0. The first-order valence-corrected chi connectivity index (χ1v) is 5.53. The van der Waals surface area contributed by atoms with Crippen LogP contribution in [0.2, 0.25) is 0 Å². The highest BCUT2D eigenvalue weighted by Gasteiger charge is 2.05. The number of nitrogens with zero attached hydrogens (tertiary/aromatic N) is 1. The van der Waals surface area contributed by atoms with Gasteiger partial charge in [-0.1, -0.05) is 0 Å². The molecule has 2 aromatic rings. The molecule has 0 amide bonds. The fourth-order valence-corrected chi connectivity index (χ4v) is 1.63. The molecule has 0 aliphatic carbocycles. The van der Waals surface area contributed by atoms with Gasteiger partial charge in [-0.2, -0.15) is 0 Å². The number of nitrogens with two attached hydrogens (primary N) is 1. The Labute approximate surface area is 101 Å². The van der Waals surface area contributed by atoms with Gasteiger partial charge in [0.25, 0.3) is 0 Å². The first kappa shape index (κ1) is 11.5. The van der Waals surface area contributed by atoms with Gasteiger partial charge in [-0.05, 0) is 50.1 Å². The predicted molar refractivity (Wildman–Crippen MR) is 69.4 cm³/mol. The van der Waals surface area contributed by atoms with Crippen LogP contribution in [0.1, 0.15) is 16.8 Å². The van der Waals surface area contributed by atoms with Crippen molar-refractivity contribution in [1.29, 1.82) is 0 Å². The molecule has 0 spiro atoms. The maximum Gasteiger partial charge on any atom is 0.130 e. The number of rotatable bonds is 2. The van der Waals surface area contributed by atoms with Crippen molar-refractivity contribution in [2.75, 3.05) is 5.73 Å². The number of pyridine rings is 1. The molecule has 0 radical (unpaired) electrons. The van der Waals surface area contributed by atoms with Crippen LogP contribution in [-0.4, -0.2) is 4.98 Å². The largest absolute Gasteiger partial charge is 0.457 e. The van der Waals surface area contributed by atoms with E-state index in [-0.39, 0.29) is 0 Å². The van der Waals surface area contributed by atoms with Gasteiger partial charge in [0.2, 0.25) is 0 Å². The van der Waals surface area contributed by atoms with Crippen molar-refractivity contribution in [2.45, 2.75) is 20.8 Å². The lowest BCUT2D eigenvalue weighted by Gasteiger charge is -2.11. The van der Waals surface area contributed by atoms with Crippen molar-refractivity contribution in [2.24, 2.45) is 0 Å². The van der Waals surface area contributed by atoms with Crippen LogP contribution in [0.4, 0.5) is 5.69 Å². The Bertz CT molecular complexity index is 550. The zero-order valence-electron chi connectivity index (χ0n) is 10.3. The normalized spacial score (nSPS) is 10.3. The molecule has 0 aliphatic rings. The van der Waals surface area contributed by atoms with Gasteiger partial charge in [-0.3, -0.25) is 4.98 Å². The van der Waals surface area contributed by atoms with Gasteiger partial charge in [0, 0.05) is 23.6 Å².